The van der Waals surface area contributed by atoms with Gasteiger partial charge in [-0.3, -0.25) is 19.1 Å². The first-order valence-electron chi connectivity index (χ1n) is 11.7. The van der Waals surface area contributed by atoms with Gasteiger partial charge in [-0.15, -0.1) is 0 Å². The van der Waals surface area contributed by atoms with Gasteiger partial charge in [-0.25, -0.2) is 4.98 Å². The van der Waals surface area contributed by atoms with E-state index in [0.717, 1.165) is 22.3 Å². The number of H-pyrrole nitrogens is 1. The van der Waals surface area contributed by atoms with Gasteiger partial charge in [0.1, 0.15) is 18.3 Å². The number of anilines is 3. The topological polar surface area (TPSA) is 189 Å². The van der Waals surface area contributed by atoms with Crippen LogP contribution in [-0.2, 0) is 11.2 Å². The molecule has 190 valence electrons. The Hall–Kier alpha value is -4.10. The predicted molar refractivity (Wildman–Crippen MR) is 134 cm³/mol. The normalized spacial score (nSPS) is 22.3. The van der Waals surface area contributed by atoms with Gasteiger partial charge in [-0.1, -0.05) is 18.2 Å². The fourth-order valence-electron chi connectivity index (χ4n) is 5.06. The summed E-state index contributed by atoms with van der Waals surface area (Å²) in [5.41, 5.74) is 10.7. The molecule has 12 heteroatoms. The molecule has 1 aliphatic carbocycles. The Morgan fingerprint density at radius 2 is 1.89 bits per heavy atom. The molecule has 0 radical (unpaired) electrons. The maximum Gasteiger partial charge on any atom is 0.280 e. The third-order valence-corrected chi connectivity index (χ3v) is 6.88. The number of imidazole rings is 1. The lowest BCUT2D eigenvalue weighted by atomic mass is 10.0. The fourth-order valence-corrected chi connectivity index (χ4v) is 5.06. The van der Waals surface area contributed by atoms with Crippen molar-refractivity contribution in [1.29, 1.82) is 0 Å². The average Bonchev–Trinajstić information content (AvgIpc) is 3.49. The van der Waals surface area contributed by atoms with Gasteiger partial charge in [-0.2, -0.15) is 4.98 Å². The fraction of sp³-hybridized carbons (Fsp3) is 0.280. The highest BCUT2D eigenvalue weighted by Crippen LogP contribution is 2.40. The maximum atomic E-state index is 12.6. The molecule has 4 aromatic rings. The number of nitrogens with two attached hydrogens (primary N) is 1. The molecule has 7 N–H and O–H groups in total. The number of benzene rings is 2. The van der Waals surface area contributed by atoms with E-state index in [1.54, 1.807) is 0 Å². The van der Waals surface area contributed by atoms with Crippen LogP contribution in [0.2, 0.25) is 0 Å². The second kappa shape index (κ2) is 8.49. The number of fused-ring (bicyclic) bond motifs is 4. The Balaban J connectivity index is 1.41. The second-order valence-electron chi connectivity index (χ2n) is 9.26. The van der Waals surface area contributed by atoms with E-state index in [4.69, 9.17) is 10.5 Å². The molecule has 0 saturated carbocycles. The Morgan fingerprint density at radius 1 is 1.16 bits per heavy atom. The zero-order chi connectivity index (χ0) is 26.0. The largest absolute Gasteiger partial charge is 0.394 e. The van der Waals surface area contributed by atoms with Crippen LogP contribution in [0.3, 0.4) is 0 Å². The molecule has 0 unspecified atom stereocenters. The molecule has 6 rings (SSSR count). The number of ether oxygens (including phenoxy) is 1. The van der Waals surface area contributed by atoms with E-state index in [9.17, 15) is 24.9 Å². The van der Waals surface area contributed by atoms with Gasteiger partial charge in [0.25, 0.3) is 5.56 Å². The number of ketones is 1. The first kappa shape index (κ1) is 23.3. The monoisotopic (exact) mass is 504 g/mol. The Labute approximate surface area is 209 Å². The average molecular weight is 505 g/mol. The van der Waals surface area contributed by atoms with E-state index >= 15 is 0 Å². The first-order chi connectivity index (χ1) is 17.7. The number of rotatable bonds is 5. The molecular formula is C25H24N6O6. The van der Waals surface area contributed by atoms with Crippen molar-refractivity contribution in [2.45, 2.75) is 37.9 Å². The minimum Gasteiger partial charge on any atom is -0.394 e. The van der Waals surface area contributed by atoms with Gasteiger partial charge in [0, 0.05) is 11.3 Å². The van der Waals surface area contributed by atoms with E-state index in [2.05, 4.69) is 20.3 Å². The van der Waals surface area contributed by atoms with E-state index < -0.39 is 36.7 Å². The summed E-state index contributed by atoms with van der Waals surface area (Å²) in [4.78, 5) is 35.3. The van der Waals surface area contributed by atoms with Crippen molar-refractivity contribution in [3.05, 3.63) is 63.4 Å². The van der Waals surface area contributed by atoms with Crippen molar-refractivity contribution in [1.82, 2.24) is 19.5 Å². The second-order valence-corrected chi connectivity index (χ2v) is 9.26. The van der Waals surface area contributed by atoms with Crippen molar-refractivity contribution < 1.29 is 24.9 Å². The van der Waals surface area contributed by atoms with Crippen LogP contribution in [0.25, 0.3) is 22.3 Å². The molecule has 0 bridgehead atoms. The third-order valence-electron chi connectivity index (χ3n) is 6.88. The molecule has 4 atom stereocenters. The van der Waals surface area contributed by atoms with Gasteiger partial charge in [0.2, 0.25) is 11.9 Å². The number of hydrogen-bond donors (Lipinski definition) is 6. The Bertz CT molecular complexity index is 1630. The van der Waals surface area contributed by atoms with Crippen molar-refractivity contribution in [3.8, 4) is 11.1 Å². The molecule has 1 fully saturated rings. The van der Waals surface area contributed by atoms with Crippen molar-refractivity contribution in [2.75, 3.05) is 17.7 Å². The number of aromatic nitrogens is 4. The summed E-state index contributed by atoms with van der Waals surface area (Å²) in [5, 5.41) is 33.7. The van der Waals surface area contributed by atoms with Crippen LogP contribution < -0.4 is 16.6 Å². The number of aliphatic hydroxyl groups excluding tert-OH is 3. The number of Topliss-reactive ketones (excluding diaryl/α,β-unsaturated/α-hetero) is 1. The molecule has 2 aliphatic rings. The standard InChI is InChI=1S/C25H24N6O6/c1-10(33)11-2-4-15-12(6-11)7-13-8-14(3-5-16(13)15)27-25-28-18-21(29-24(26)30-22(18)36)31(25)23-20(35)19(34)17(9-32)37-23/h2-6,8,17,19-20,23,32,34-35H,7,9H2,1H3,(H,27,28)(H3,26,29,30,36)/t17-,19-,20-,23-/m1/s1. The SMILES string of the molecule is CC(=O)c1ccc2c(c1)Cc1cc(Nc3nc4c(=O)[nH]c(N)nc4n3[C@@H]3O[C@H](CO)[C@@H](O)[C@H]3O)ccc1-2. The third kappa shape index (κ3) is 3.69. The molecular weight excluding hydrogens is 480 g/mol. The van der Waals surface area contributed by atoms with Crippen molar-refractivity contribution in [3.63, 3.8) is 0 Å². The lowest BCUT2D eigenvalue weighted by molar-refractivity contribution is -0.0501. The number of carbonyl (C=O) groups excluding carboxylic acids is 1. The molecule has 2 aromatic carbocycles. The van der Waals surface area contributed by atoms with E-state index in [0.29, 0.717) is 17.7 Å². The van der Waals surface area contributed by atoms with E-state index in [1.807, 2.05) is 36.4 Å². The molecule has 2 aromatic heterocycles. The molecule has 3 heterocycles. The number of hydrogen-bond acceptors (Lipinski definition) is 10. The highest BCUT2D eigenvalue weighted by Gasteiger charge is 2.45. The minimum absolute atomic E-state index is 0.00845. The first-order valence-corrected chi connectivity index (χ1v) is 11.7. The number of aromatic amines is 1. The molecule has 1 aliphatic heterocycles. The van der Waals surface area contributed by atoms with Crippen LogP contribution in [0.1, 0.15) is 34.6 Å². The van der Waals surface area contributed by atoms with Gasteiger partial charge in [-0.05, 0) is 53.8 Å². The van der Waals surface area contributed by atoms with Crippen LogP contribution in [0.15, 0.2) is 41.2 Å². The Morgan fingerprint density at radius 3 is 2.59 bits per heavy atom. The molecule has 1 saturated heterocycles. The number of nitrogens with one attached hydrogen (secondary N) is 2. The molecule has 0 amide bonds. The molecule has 0 spiro atoms. The number of nitrogen functional groups attached to an aromatic ring is 1. The van der Waals surface area contributed by atoms with Crippen molar-refractivity contribution in [2.24, 2.45) is 0 Å². The number of carbonyl (C=O) groups is 1. The summed E-state index contributed by atoms with van der Waals surface area (Å²) in [6.45, 7) is 1.02. The Kier molecular flexibility index (Phi) is 5.35. The smallest absolute Gasteiger partial charge is 0.280 e. The minimum atomic E-state index is -1.43. The highest BCUT2D eigenvalue weighted by atomic mass is 16.6. The van der Waals surface area contributed by atoms with Gasteiger partial charge in [0.05, 0.1) is 6.61 Å². The summed E-state index contributed by atoms with van der Waals surface area (Å²) in [6.07, 6.45) is -4.38. The van der Waals surface area contributed by atoms with Crippen LogP contribution in [0.4, 0.5) is 17.6 Å². The van der Waals surface area contributed by atoms with Gasteiger partial charge >= 0.3 is 0 Å². The quantitative estimate of drug-likeness (QED) is 0.187. The van der Waals surface area contributed by atoms with Crippen LogP contribution >= 0.6 is 0 Å². The van der Waals surface area contributed by atoms with Crippen molar-refractivity contribution >= 4 is 34.5 Å². The molecule has 12 nitrogen and oxygen atoms in total. The molecule has 37 heavy (non-hydrogen) atoms. The van der Waals surface area contributed by atoms with Gasteiger partial charge in [0.15, 0.2) is 23.2 Å². The van der Waals surface area contributed by atoms with Crippen LogP contribution in [-0.4, -0.2) is 65.5 Å². The zero-order valence-electron chi connectivity index (χ0n) is 19.7. The van der Waals surface area contributed by atoms with Gasteiger partial charge < -0.3 is 31.1 Å². The summed E-state index contributed by atoms with van der Waals surface area (Å²) in [7, 11) is 0. The maximum absolute atomic E-state index is 12.6. The summed E-state index contributed by atoms with van der Waals surface area (Å²) < 4.78 is 7.06. The van der Waals surface area contributed by atoms with E-state index in [1.165, 1.54) is 11.5 Å². The lowest BCUT2D eigenvalue weighted by Crippen LogP contribution is -2.33. The lowest BCUT2D eigenvalue weighted by Gasteiger charge is -2.20. The summed E-state index contributed by atoms with van der Waals surface area (Å²) in [5.74, 6) is -0.0194. The summed E-state index contributed by atoms with van der Waals surface area (Å²) in [6, 6.07) is 11.4. The van der Waals surface area contributed by atoms with E-state index in [-0.39, 0.29) is 28.8 Å². The predicted octanol–water partition coefficient (Wildman–Crippen LogP) is 0.831. The van der Waals surface area contributed by atoms with Crippen LogP contribution in [0.5, 0.6) is 0 Å². The number of aliphatic hydroxyl groups is 3. The zero-order valence-corrected chi connectivity index (χ0v) is 19.7. The highest BCUT2D eigenvalue weighted by molar-refractivity contribution is 5.95. The van der Waals surface area contributed by atoms with Crippen LogP contribution in [0, 0.1) is 0 Å². The summed E-state index contributed by atoms with van der Waals surface area (Å²) >= 11 is 0. The number of nitrogens with zero attached hydrogens (tertiary/aromatic N) is 3.